The van der Waals surface area contributed by atoms with Gasteiger partial charge in [0.1, 0.15) is 0 Å². The van der Waals surface area contributed by atoms with Gasteiger partial charge in [-0.3, -0.25) is 4.79 Å². The molecule has 2 atom stereocenters. The van der Waals surface area contributed by atoms with Crippen LogP contribution in [0.15, 0.2) is 54.9 Å². The molecular weight excluding hydrogens is 338 g/mol. The average molecular weight is 370 g/mol. The lowest BCUT2D eigenvalue weighted by molar-refractivity contribution is -0.134. The second-order valence-corrected chi connectivity index (χ2v) is 7.58. The summed E-state index contributed by atoms with van der Waals surface area (Å²) in [5, 5.41) is 12.4. The molecule has 5 nitrogen and oxygen atoms in total. The lowest BCUT2D eigenvalue weighted by atomic mass is 10.1. The van der Waals surface area contributed by atoms with Gasteiger partial charge in [0.15, 0.2) is 0 Å². The van der Waals surface area contributed by atoms with E-state index in [1.54, 1.807) is 0 Å². The monoisotopic (exact) mass is 369 g/mol. The van der Waals surface area contributed by atoms with Crippen LogP contribution in [0.2, 0.25) is 0 Å². The Kier molecular flexibility index (Phi) is 6.56. The van der Waals surface area contributed by atoms with Crippen LogP contribution in [0, 0.1) is 5.92 Å². The van der Waals surface area contributed by atoms with E-state index in [2.05, 4.69) is 35.5 Å². The number of nitrogens with one attached hydrogen (secondary N) is 1. The largest absolute Gasteiger partial charge is 0.513 e. The Hall–Kier alpha value is -2.27. The molecule has 0 unspecified atom stereocenters. The zero-order valence-electron chi connectivity index (χ0n) is 16.1. The van der Waals surface area contributed by atoms with Gasteiger partial charge < -0.3 is 20.2 Å². The Morgan fingerprint density at radius 2 is 1.78 bits per heavy atom. The van der Waals surface area contributed by atoms with Crippen molar-refractivity contribution in [2.24, 2.45) is 5.92 Å². The third-order valence-corrected chi connectivity index (χ3v) is 5.52. The van der Waals surface area contributed by atoms with Gasteiger partial charge in [-0.05, 0) is 30.9 Å². The number of piperazine rings is 1. The van der Waals surface area contributed by atoms with E-state index in [4.69, 9.17) is 5.11 Å². The van der Waals surface area contributed by atoms with Gasteiger partial charge in [0, 0.05) is 50.8 Å². The number of benzene rings is 1. The van der Waals surface area contributed by atoms with Gasteiger partial charge in [-0.15, -0.1) is 0 Å². The molecule has 146 valence electrons. The normalized spacial score (nSPS) is 21.8. The molecule has 1 heterocycles. The third kappa shape index (κ3) is 5.36. The summed E-state index contributed by atoms with van der Waals surface area (Å²) >= 11 is 0. The summed E-state index contributed by atoms with van der Waals surface area (Å²) in [7, 11) is 0. The molecule has 2 N–H and O–H groups in total. The molecule has 1 aromatic carbocycles. The Labute approximate surface area is 162 Å². The number of aliphatic hydroxyl groups is 1. The highest BCUT2D eigenvalue weighted by Gasteiger charge is 2.45. The minimum absolute atomic E-state index is 0.171. The SMILES string of the molecule is C=C(O)CCCNCC(=C)N1CCN(C(=O)[C@@H]2C[C@H]2c2ccccc2)CC1. The Morgan fingerprint density at radius 3 is 2.44 bits per heavy atom. The minimum atomic E-state index is 0.171. The van der Waals surface area contributed by atoms with Crippen molar-refractivity contribution in [1.82, 2.24) is 15.1 Å². The summed E-state index contributed by atoms with van der Waals surface area (Å²) < 4.78 is 0. The first kappa shape index (κ1) is 19.5. The molecule has 2 fully saturated rings. The van der Waals surface area contributed by atoms with Crippen molar-refractivity contribution in [1.29, 1.82) is 0 Å². The van der Waals surface area contributed by atoms with Crippen molar-refractivity contribution in [2.75, 3.05) is 39.3 Å². The van der Waals surface area contributed by atoms with Crippen LogP contribution in [0.5, 0.6) is 0 Å². The zero-order valence-corrected chi connectivity index (χ0v) is 16.1. The number of hydrogen-bond acceptors (Lipinski definition) is 4. The van der Waals surface area contributed by atoms with E-state index in [9.17, 15) is 4.79 Å². The first-order valence-electron chi connectivity index (χ1n) is 9.90. The summed E-state index contributed by atoms with van der Waals surface area (Å²) in [6.07, 6.45) is 2.49. The van der Waals surface area contributed by atoms with Gasteiger partial charge in [0.25, 0.3) is 0 Å². The maximum Gasteiger partial charge on any atom is 0.226 e. The van der Waals surface area contributed by atoms with Crippen LogP contribution in [-0.4, -0.2) is 60.1 Å². The van der Waals surface area contributed by atoms with E-state index in [1.807, 2.05) is 23.1 Å². The number of carbonyl (C=O) groups excluding carboxylic acids is 1. The van der Waals surface area contributed by atoms with Crippen LogP contribution < -0.4 is 5.32 Å². The fraction of sp³-hybridized carbons (Fsp3) is 0.500. The molecule has 2 aliphatic rings. The van der Waals surface area contributed by atoms with Crippen molar-refractivity contribution < 1.29 is 9.90 Å². The molecule has 1 aromatic rings. The smallest absolute Gasteiger partial charge is 0.226 e. The Bertz CT molecular complexity index is 665. The van der Waals surface area contributed by atoms with Crippen molar-refractivity contribution >= 4 is 5.91 Å². The third-order valence-electron chi connectivity index (χ3n) is 5.52. The van der Waals surface area contributed by atoms with E-state index < -0.39 is 0 Å². The fourth-order valence-corrected chi connectivity index (χ4v) is 3.78. The van der Waals surface area contributed by atoms with E-state index in [0.717, 1.165) is 57.8 Å². The quantitative estimate of drug-likeness (QED) is 0.519. The first-order valence-corrected chi connectivity index (χ1v) is 9.90. The van der Waals surface area contributed by atoms with Crippen LogP contribution in [0.3, 0.4) is 0 Å². The molecular formula is C22H31N3O2. The molecule has 5 heteroatoms. The van der Waals surface area contributed by atoms with Crippen molar-refractivity contribution in [3.8, 4) is 0 Å². The van der Waals surface area contributed by atoms with Crippen molar-refractivity contribution in [3.63, 3.8) is 0 Å². The molecule has 0 spiro atoms. The zero-order chi connectivity index (χ0) is 19.2. The van der Waals surface area contributed by atoms with Crippen LogP contribution in [0.1, 0.15) is 30.7 Å². The summed E-state index contributed by atoms with van der Waals surface area (Å²) in [6.45, 7) is 12.5. The Balaban J connectivity index is 1.36. The molecule has 27 heavy (non-hydrogen) atoms. The van der Waals surface area contributed by atoms with Crippen LogP contribution in [-0.2, 0) is 4.79 Å². The molecule has 0 bridgehead atoms. The number of amides is 1. The Morgan fingerprint density at radius 1 is 1.11 bits per heavy atom. The number of hydrogen-bond donors (Lipinski definition) is 2. The maximum absolute atomic E-state index is 12.8. The average Bonchev–Trinajstić information content (AvgIpc) is 3.48. The molecule has 1 aliphatic carbocycles. The lowest BCUT2D eigenvalue weighted by Crippen LogP contribution is -2.49. The molecule has 3 rings (SSSR count). The first-order chi connectivity index (χ1) is 13.1. The van der Waals surface area contributed by atoms with E-state index in [-0.39, 0.29) is 11.7 Å². The second-order valence-electron chi connectivity index (χ2n) is 7.58. The fourth-order valence-electron chi connectivity index (χ4n) is 3.78. The van der Waals surface area contributed by atoms with Crippen molar-refractivity contribution in [2.45, 2.75) is 25.2 Å². The van der Waals surface area contributed by atoms with Gasteiger partial charge in [-0.2, -0.15) is 0 Å². The molecule has 1 aliphatic heterocycles. The van der Waals surface area contributed by atoms with Crippen LogP contribution in [0.4, 0.5) is 0 Å². The number of allylic oxidation sites excluding steroid dienone is 1. The van der Waals surface area contributed by atoms with Gasteiger partial charge in [-0.1, -0.05) is 43.5 Å². The van der Waals surface area contributed by atoms with E-state index in [1.165, 1.54) is 5.56 Å². The molecule has 1 saturated carbocycles. The van der Waals surface area contributed by atoms with Gasteiger partial charge in [0.2, 0.25) is 5.91 Å². The van der Waals surface area contributed by atoms with Crippen LogP contribution in [0.25, 0.3) is 0 Å². The predicted molar refractivity (Wildman–Crippen MR) is 108 cm³/mol. The number of nitrogens with zero attached hydrogens (tertiary/aromatic N) is 2. The van der Waals surface area contributed by atoms with Gasteiger partial charge in [-0.25, -0.2) is 0 Å². The topological polar surface area (TPSA) is 55.8 Å². The highest BCUT2D eigenvalue weighted by Crippen LogP contribution is 2.48. The molecule has 1 saturated heterocycles. The highest BCUT2D eigenvalue weighted by atomic mass is 16.3. The second kappa shape index (κ2) is 9.09. The lowest BCUT2D eigenvalue weighted by Gasteiger charge is -2.37. The van der Waals surface area contributed by atoms with Crippen molar-refractivity contribution in [3.05, 3.63) is 60.5 Å². The number of carbonyl (C=O) groups is 1. The summed E-state index contributed by atoms with van der Waals surface area (Å²) in [5.74, 6) is 1.13. The van der Waals surface area contributed by atoms with Crippen LogP contribution >= 0.6 is 0 Å². The van der Waals surface area contributed by atoms with E-state index >= 15 is 0 Å². The molecule has 0 radical (unpaired) electrons. The van der Waals surface area contributed by atoms with E-state index in [0.29, 0.717) is 18.2 Å². The predicted octanol–water partition coefficient (Wildman–Crippen LogP) is 2.89. The summed E-state index contributed by atoms with van der Waals surface area (Å²) in [6, 6.07) is 10.4. The minimum Gasteiger partial charge on any atom is -0.513 e. The van der Waals surface area contributed by atoms with Gasteiger partial charge in [0.05, 0.1) is 5.76 Å². The van der Waals surface area contributed by atoms with Gasteiger partial charge >= 0.3 is 0 Å². The molecule has 1 amide bonds. The number of aliphatic hydroxyl groups excluding tert-OH is 1. The summed E-state index contributed by atoms with van der Waals surface area (Å²) in [5.41, 5.74) is 2.36. The highest BCUT2D eigenvalue weighted by molar-refractivity contribution is 5.83. The number of rotatable bonds is 9. The maximum atomic E-state index is 12.8. The summed E-state index contributed by atoms with van der Waals surface area (Å²) in [4.78, 5) is 17.1. The molecule has 0 aromatic heterocycles. The standard InChI is InChI=1S/C22H31N3O2/c1-17(16-23-10-6-7-18(2)26)24-11-13-25(14-12-24)22(27)21-15-20(21)19-8-4-3-5-9-19/h3-5,8-9,20-21,23,26H,1-2,6-7,10-16H2/t20-,21+/m0/s1.